The molecule has 0 aromatic heterocycles. The van der Waals surface area contributed by atoms with E-state index >= 15 is 0 Å². The highest BCUT2D eigenvalue weighted by Crippen LogP contribution is 2.26. The van der Waals surface area contributed by atoms with Crippen LogP contribution in [0.3, 0.4) is 0 Å². The summed E-state index contributed by atoms with van der Waals surface area (Å²) in [5.74, 6) is -3.29. The Labute approximate surface area is 427 Å². The van der Waals surface area contributed by atoms with Crippen LogP contribution >= 0.6 is 0 Å². The van der Waals surface area contributed by atoms with Crippen LogP contribution < -0.4 is 0 Å². The molecule has 0 aliphatic carbocycles. The number of aliphatic hydroxyl groups excluding tert-OH is 2. The average Bonchev–Trinajstić information content (AvgIpc) is 3.35. The molecule has 12 nitrogen and oxygen atoms in total. The number of aliphatic carboxylic acids is 1. The van der Waals surface area contributed by atoms with Crippen molar-refractivity contribution in [3.63, 3.8) is 0 Å². The topological polar surface area (TPSA) is 175 Å². The maximum Gasteiger partial charge on any atom is 0.335 e. The predicted molar refractivity (Wildman–Crippen MR) is 284 cm³/mol. The summed E-state index contributed by atoms with van der Waals surface area (Å²) >= 11 is 0. The second-order valence-corrected chi connectivity index (χ2v) is 17.7. The van der Waals surface area contributed by atoms with Crippen molar-refractivity contribution in [2.75, 3.05) is 13.2 Å². The minimum atomic E-state index is -1.93. The summed E-state index contributed by atoms with van der Waals surface area (Å²) in [6.07, 6.45) is 49.5. The smallest absolute Gasteiger partial charge is 0.335 e. The van der Waals surface area contributed by atoms with Gasteiger partial charge in [-0.15, -0.1) is 0 Å². The number of carbonyl (C=O) groups excluding carboxylic acids is 3. The Balaban J connectivity index is 2.77. The first-order valence-corrected chi connectivity index (χ1v) is 26.9. The maximum atomic E-state index is 13.1. The van der Waals surface area contributed by atoms with E-state index in [0.29, 0.717) is 25.7 Å². The van der Waals surface area contributed by atoms with Crippen LogP contribution in [0.5, 0.6) is 0 Å². The van der Waals surface area contributed by atoms with E-state index in [1.54, 1.807) is 0 Å². The lowest BCUT2D eigenvalue weighted by atomic mass is 9.98. The van der Waals surface area contributed by atoms with Gasteiger partial charge in [-0.1, -0.05) is 175 Å². The van der Waals surface area contributed by atoms with Crippen LogP contribution in [-0.2, 0) is 42.9 Å². The number of aliphatic hydroxyl groups is 2. The molecule has 400 valence electrons. The van der Waals surface area contributed by atoms with Crippen molar-refractivity contribution in [2.45, 2.75) is 225 Å². The number of unbranched alkanes of at least 4 members (excludes halogenated alkanes) is 11. The minimum Gasteiger partial charge on any atom is -0.479 e. The zero-order valence-electron chi connectivity index (χ0n) is 43.7. The van der Waals surface area contributed by atoms with E-state index in [1.165, 1.54) is 12.8 Å². The van der Waals surface area contributed by atoms with E-state index in [2.05, 4.69) is 112 Å². The third kappa shape index (κ3) is 36.9. The van der Waals surface area contributed by atoms with Gasteiger partial charge in [-0.3, -0.25) is 14.4 Å². The van der Waals surface area contributed by atoms with Crippen molar-refractivity contribution >= 4 is 23.9 Å². The molecule has 0 bridgehead atoms. The van der Waals surface area contributed by atoms with Crippen molar-refractivity contribution in [1.29, 1.82) is 0 Å². The van der Waals surface area contributed by atoms with E-state index in [0.717, 1.165) is 109 Å². The monoisotopic (exact) mass is 993 g/mol. The molecule has 12 heteroatoms. The number of ether oxygens (including phenoxy) is 5. The normalized spacial score (nSPS) is 19.4. The molecule has 1 heterocycles. The average molecular weight is 993 g/mol. The molecule has 71 heavy (non-hydrogen) atoms. The van der Waals surface area contributed by atoms with Gasteiger partial charge in [0.05, 0.1) is 6.61 Å². The van der Waals surface area contributed by atoms with E-state index in [9.17, 15) is 34.5 Å². The Morgan fingerprint density at radius 2 is 0.915 bits per heavy atom. The SMILES string of the molecule is CC/C=C\C/C=C\C/C=C\C/C=C\CCCCCCC(=O)OCC(COC1OC(C(=O)O)C(O)C(O)C1OC(=O)CC/C=C\C/C=C\C/C=C\C/C=C\CC)OC(=O)CCCCCCC/C=C\CCCC. The standard InChI is InChI=1S/C59H92O12/c1-4-7-10-13-16-19-22-24-25-26-27-29-31-33-36-39-42-45-51(60)67-48-50(69-52(61)46-43-40-37-34-30-21-18-15-12-9-6-3)49-68-59-57(55(64)54(63)56(71-59)58(65)66)70-53(62)47-44-41-38-35-32-28-23-20-17-14-11-8-5-2/h7-8,10-11,15-20,24-25,27-29,32,38,41,50,54-57,59,63-64H,4-6,9,12-14,21-23,26,30-31,33-37,39-40,42-49H2,1-3H3,(H,65,66)/b10-7-,11-8-,18-15-,19-16-,20-17-,25-24-,29-27-,32-28-,41-38-. The molecule has 1 fully saturated rings. The Hall–Kier alpha value is -4.62. The van der Waals surface area contributed by atoms with Gasteiger partial charge in [0.2, 0.25) is 0 Å². The van der Waals surface area contributed by atoms with E-state index < -0.39 is 67.3 Å². The highest BCUT2D eigenvalue weighted by Gasteiger charge is 2.50. The van der Waals surface area contributed by atoms with Gasteiger partial charge in [0.25, 0.3) is 0 Å². The van der Waals surface area contributed by atoms with Gasteiger partial charge in [0, 0.05) is 19.3 Å². The molecule has 0 amide bonds. The maximum absolute atomic E-state index is 13.1. The second-order valence-electron chi connectivity index (χ2n) is 17.7. The van der Waals surface area contributed by atoms with Crippen LogP contribution in [0.2, 0.25) is 0 Å². The van der Waals surface area contributed by atoms with Gasteiger partial charge >= 0.3 is 23.9 Å². The largest absolute Gasteiger partial charge is 0.479 e. The lowest BCUT2D eigenvalue weighted by Crippen LogP contribution is -2.61. The first kappa shape index (κ1) is 64.4. The van der Waals surface area contributed by atoms with E-state index in [4.69, 9.17) is 23.7 Å². The molecular weight excluding hydrogens is 901 g/mol. The summed E-state index contributed by atoms with van der Waals surface area (Å²) in [5, 5.41) is 31.3. The van der Waals surface area contributed by atoms with Gasteiger partial charge in [-0.2, -0.15) is 0 Å². The molecule has 1 saturated heterocycles. The number of carboxylic acids is 1. The highest BCUT2D eigenvalue weighted by atomic mass is 16.7. The van der Waals surface area contributed by atoms with Gasteiger partial charge < -0.3 is 39.0 Å². The molecule has 3 N–H and O–H groups in total. The van der Waals surface area contributed by atoms with E-state index in [-0.39, 0.29) is 25.9 Å². The molecule has 1 aliphatic rings. The quantitative estimate of drug-likeness (QED) is 0.0229. The lowest BCUT2D eigenvalue weighted by molar-refractivity contribution is -0.301. The van der Waals surface area contributed by atoms with Crippen LogP contribution in [0.25, 0.3) is 0 Å². The van der Waals surface area contributed by atoms with E-state index in [1.807, 2.05) is 18.2 Å². The van der Waals surface area contributed by atoms with Crippen LogP contribution in [0.4, 0.5) is 0 Å². The number of esters is 3. The fraction of sp³-hybridized carbons (Fsp3) is 0.627. The van der Waals surface area contributed by atoms with Crippen LogP contribution in [0, 0.1) is 0 Å². The van der Waals surface area contributed by atoms with Gasteiger partial charge in [0.15, 0.2) is 24.6 Å². The van der Waals surface area contributed by atoms with Crippen LogP contribution in [0.1, 0.15) is 188 Å². The van der Waals surface area contributed by atoms with Crippen molar-refractivity contribution in [3.05, 3.63) is 109 Å². The summed E-state index contributed by atoms with van der Waals surface area (Å²) in [4.78, 5) is 50.8. The summed E-state index contributed by atoms with van der Waals surface area (Å²) < 4.78 is 28.2. The number of rotatable bonds is 43. The number of hydrogen-bond donors (Lipinski definition) is 3. The molecule has 0 radical (unpaired) electrons. The van der Waals surface area contributed by atoms with Gasteiger partial charge in [-0.25, -0.2) is 4.79 Å². The zero-order valence-corrected chi connectivity index (χ0v) is 43.7. The van der Waals surface area contributed by atoms with Crippen molar-refractivity contribution < 1.29 is 58.2 Å². The minimum absolute atomic E-state index is 0.0692. The Morgan fingerprint density at radius 3 is 1.42 bits per heavy atom. The molecule has 0 spiro atoms. The molecule has 0 aromatic carbocycles. The third-order valence-corrected chi connectivity index (χ3v) is 11.3. The Morgan fingerprint density at radius 1 is 0.479 bits per heavy atom. The fourth-order valence-corrected chi connectivity index (χ4v) is 7.23. The third-order valence-electron chi connectivity index (χ3n) is 11.3. The van der Waals surface area contributed by atoms with Crippen LogP contribution in [0.15, 0.2) is 109 Å². The Kier molecular flexibility index (Phi) is 42.1. The molecule has 1 rings (SSSR count). The number of carbonyl (C=O) groups is 4. The number of carboxylic acid groups (broad SMARTS) is 1. The molecule has 6 atom stereocenters. The summed E-state index contributed by atoms with van der Waals surface area (Å²) in [5.41, 5.74) is 0. The van der Waals surface area contributed by atoms with Crippen molar-refractivity contribution in [1.82, 2.24) is 0 Å². The highest BCUT2D eigenvalue weighted by molar-refractivity contribution is 5.74. The molecule has 6 unspecified atom stereocenters. The first-order chi connectivity index (χ1) is 34.6. The summed E-state index contributed by atoms with van der Waals surface area (Å²) in [6, 6.07) is 0. The fourth-order valence-electron chi connectivity index (χ4n) is 7.23. The van der Waals surface area contributed by atoms with Crippen molar-refractivity contribution in [2.24, 2.45) is 0 Å². The molecule has 0 aromatic rings. The molecule has 1 aliphatic heterocycles. The number of hydrogen-bond acceptors (Lipinski definition) is 11. The summed E-state index contributed by atoms with van der Waals surface area (Å²) in [6.45, 7) is 5.62. The van der Waals surface area contributed by atoms with Crippen molar-refractivity contribution in [3.8, 4) is 0 Å². The lowest BCUT2D eigenvalue weighted by Gasteiger charge is -2.40. The molecular formula is C59H92O12. The number of allylic oxidation sites excluding steroid dienone is 18. The van der Waals surface area contributed by atoms with Crippen LogP contribution in [-0.4, -0.2) is 89.2 Å². The first-order valence-electron chi connectivity index (χ1n) is 26.9. The zero-order chi connectivity index (χ0) is 51.8. The predicted octanol–water partition coefficient (Wildman–Crippen LogP) is 13.1. The Bertz CT molecular complexity index is 1650. The second kappa shape index (κ2) is 46.5. The van der Waals surface area contributed by atoms with Gasteiger partial charge in [0.1, 0.15) is 18.8 Å². The van der Waals surface area contributed by atoms with Gasteiger partial charge in [-0.05, 0) is 103 Å². The molecule has 0 saturated carbocycles. The summed E-state index contributed by atoms with van der Waals surface area (Å²) in [7, 11) is 0.